The van der Waals surface area contributed by atoms with Gasteiger partial charge in [0.15, 0.2) is 0 Å². The van der Waals surface area contributed by atoms with E-state index in [-0.39, 0.29) is 17.6 Å². The maximum atomic E-state index is 12.4. The lowest BCUT2D eigenvalue weighted by Crippen LogP contribution is -2.39. The van der Waals surface area contributed by atoms with Crippen LogP contribution in [0.25, 0.3) is 11.0 Å². The highest BCUT2D eigenvalue weighted by atomic mass is 35.5. The number of hydrogen-bond acceptors (Lipinski definition) is 3. The molecule has 6 nitrogen and oxygen atoms in total. The van der Waals surface area contributed by atoms with Crippen LogP contribution in [-0.4, -0.2) is 21.9 Å². The first-order valence-electron chi connectivity index (χ1n) is 7.97. The second-order valence-electron chi connectivity index (χ2n) is 5.99. The summed E-state index contributed by atoms with van der Waals surface area (Å²) in [6.45, 7) is 3.78. The quantitative estimate of drug-likeness (QED) is 0.564. The Labute approximate surface area is 149 Å². The summed E-state index contributed by atoms with van der Waals surface area (Å²) in [6, 6.07) is 12.3. The van der Waals surface area contributed by atoms with Gasteiger partial charge in [0.05, 0.1) is 17.1 Å². The minimum atomic E-state index is -0.407. The topological polar surface area (TPSA) is 89.8 Å². The monoisotopic (exact) mass is 358 g/mol. The molecule has 0 spiro atoms. The number of nitrogens with one attached hydrogen (secondary N) is 4. The maximum absolute atomic E-state index is 12.4. The zero-order valence-corrected chi connectivity index (χ0v) is 14.6. The Kier molecular flexibility index (Phi) is 4.92. The standard InChI is InChI=1S/C18H19ClN4O2/c1-10(12-4-3-5-13(19)8-12)20-11(2)17(24)21-14-6-7-15-16(9-14)23-18(25)22-15/h3-11,20H,1-2H3,(H,21,24)(H2,22,23,25)/t10-,11+/m0/s1. The lowest BCUT2D eigenvalue weighted by molar-refractivity contribution is -0.117. The fourth-order valence-electron chi connectivity index (χ4n) is 2.68. The molecule has 4 N–H and O–H groups in total. The average Bonchev–Trinajstić information content (AvgIpc) is 2.94. The van der Waals surface area contributed by atoms with Crippen LogP contribution in [0.5, 0.6) is 0 Å². The van der Waals surface area contributed by atoms with Gasteiger partial charge in [-0.25, -0.2) is 4.79 Å². The van der Waals surface area contributed by atoms with E-state index in [4.69, 9.17) is 11.6 Å². The number of hydrogen-bond donors (Lipinski definition) is 4. The molecule has 2 atom stereocenters. The number of aromatic nitrogens is 2. The summed E-state index contributed by atoms with van der Waals surface area (Å²) in [5, 5.41) is 6.76. The Bertz CT molecular complexity index is 963. The number of imidazole rings is 1. The molecule has 0 aliphatic carbocycles. The van der Waals surface area contributed by atoms with Crippen LogP contribution in [0.3, 0.4) is 0 Å². The van der Waals surface area contributed by atoms with Gasteiger partial charge < -0.3 is 15.3 Å². The summed E-state index contributed by atoms with van der Waals surface area (Å²) in [7, 11) is 0. The molecule has 1 aromatic heterocycles. The van der Waals surface area contributed by atoms with Crippen LogP contribution in [0.2, 0.25) is 5.02 Å². The van der Waals surface area contributed by atoms with E-state index in [1.54, 1.807) is 25.1 Å². The highest BCUT2D eigenvalue weighted by Crippen LogP contribution is 2.18. The van der Waals surface area contributed by atoms with Gasteiger partial charge in [-0.15, -0.1) is 0 Å². The molecule has 3 rings (SSSR count). The molecular formula is C18H19ClN4O2. The molecule has 0 saturated heterocycles. The van der Waals surface area contributed by atoms with Crippen LogP contribution in [0.4, 0.5) is 5.69 Å². The molecule has 2 aromatic carbocycles. The molecule has 0 aliphatic heterocycles. The molecule has 0 bridgehead atoms. The van der Waals surface area contributed by atoms with Crippen molar-refractivity contribution in [3.63, 3.8) is 0 Å². The van der Waals surface area contributed by atoms with Gasteiger partial charge in [-0.3, -0.25) is 10.1 Å². The van der Waals surface area contributed by atoms with Crippen LogP contribution >= 0.6 is 11.6 Å². The molecule has 3 aromatic rings. The van der Waals surface area contributed by atoms with E-state index in [2.05, 4.69) is 20.6 Å². The second-order valence-corrected chi connectivity index (χ2v) is 6.43. The Morgan fingerprint density at radius 2 is 1.84 bits per heavy atom. The minimum absolute atomic E-state index is 0.0250. The van der Waals surface area contributed by atoms with E-state index in [9.17, 15) is 9.59 Å². The summed E-state index contributed by atoms with van der Waals surface area (Å²) in [5.41, 5.74) is 2.71. The summed E-state index contributed by atoms with van der Waals surface area (Å²) in [4.78, 5) is 29.0. The van der Waals surface area contributed by atoms with Gasteiger partial charge in [0, 0.05) is 16.8 Å². The number of amides is 1. The average molecular weight is 359 g/mol. The minimum Gasteiger partial charge on any atom is -0.325 e. The van der Waals surface area contributed by atoms with E-state index in [0.29, 0.717) is 21.7 Å². The van der Waals surface area contributed by atoms with Gasteiger partial charge >= 0.3 is 5.69 Å². The van der Waals surface area contributed by atoms with Crippen molar-refractivity contribution in [2.75, 3.05) is 5.32 Å². The molecule has 25 heavy (non-hydrogen) atoms. The maximum Gasteiger partial charge on any atom is 0.323 e. The number of anilines is 1. The van der Waals surface area contributed by atoms with E-state index in [1.165, 1.54) is 0 Å². The molecule has 0 unspecified atom stereocenters. The number of aromatic amines is 2. The third kappa shape index (κ3) is 4.10. The largest absolute Gasteiger partial charge is 0.325 e. The predicted octanol–water partition coefficient (Wildman–Crippen LogP) is 3.19. The summed E-state index contributed by atoms with van der Waals surface area (Å²) >= 11 is 6.01. The van der Waals surface area contributed by atoms with Gasteiger partial charge in [-0.2, -0.15) is 0 Å². The summed E-state index contributed by atoms with van der Waals surface area (Å²) in [6.07, 6.45) is 0. The van der Waals surface area contributed by atoms with Crippen LogP contribution in [-0.2, 0) is 4.79 Å². The summed E-state index contributed by atoms with van der Waals surface area (Å²) < 4.78 is 0. The van der Waals surface area contributed by atoms with E-state index in [1.807, 2.05) is 31.2 Å². The first kappa shape index (κ1) is 17.3. The zero-order chi connectivity index (χ0) is 18.0. The molecule has 1 amide bonds. The molecule has 0 aliphatic rings. The lowest BCUT2D eigenvalue weighted by Gasteiger charge is -2.20. The van der Waals surface area contributed by atoms with Gasteiger partial charge in [0.1, 0.15) is 0 Å². The molecular weight excluding hydrogens is 340 g/mol. The van der Waals surface area contributed by atoms with Crippen molar-refractivity contribution >= 4 is 34.2 Å². The van der Waals surface area contributed by atoms with Crippen molar-refractivity contribution in [1.29, 1.82) is 0 Å². The first-order valence-corrected chi connectivity index (χ1v) is 8.34. The van der Waals surface area contributed by atoms with E-state index >= 15 is 0 Å². The Morgan fingerprint density at radius 3 is 2.60 bits per heavy atom. The van der Waals surface area contributed by atoms with Gasteiger partial charge in [0.2, 0.25) is 5.91 Å². The van der Waals surface area contributed by atoms with Crippen molar-refractivity contribution in [3.05, 3.63) is 63.5 Å². The fourth-order valence-corrected chi connectivity index (χ4v) is 2.88. The number of rotatable bonds is 5. The number of carbonyl (C=O) groups excluding carboxylic acids is 1. The molecule has 130 valence electrons. The van der Waals surface area contributed by atoms with Crippen LogP contribution in [0.1, 0.15) is 25.5 Å². The van der Waals surface area contributed by atoms with Crippen LogP contribution in [0, 0.1) is 0 Å². The van der Waals surface area contributed by atoms with E-state index in [0.717, 1.165) is 5.56 Å². The normalized spacial score (nSPS) is 13.6. The van der Waals surface area contributed by atoms with Gasteiger partial charge in [-0.1, -0.05) is 23.7 Å². The van der Waals surface area contributed by atoms with Crippen molar-refractivity contribution in [1.82, 2.24) is 15.3 Å². The third-order valence-corrected chi connectivity index (χ3v) is 4.26. The van der Waals surface area contributed by atoms with Crippen molar-refractivity contribution in [2.24, 2.45) is 0 Å². The molecule has 0 radical (unpaired) electrons. The second kappa shape index (κ2) is 7.13. The number of carbonyl (C=O) groups is 1. The van der Waals surface area contributed by atoms with Crippen molar-refractivity contribution < 1.29 is 4.79 Å². The first-order chi connectivity index (χ1) is 11.9. The Hall–Kier alpha value is -2.57. The number of halogens is 1. The highest BCUT2D eigenvalue weighted by Gasteiger charge is 2.17. The van der Waals surface area contributed by atoms with E-state index < -0.39 is 6.04 Å². The SMILES string of the molecule is C[C@H](N[C@H](C)C(=O)Nc1ccc2[nH]c(=O)[nH]c2c1)c1cccc(Cl)c1. The highest BCUT2D eigenvalue weighted by molar-refractivity contribution is 6.30. The number of fused-ring (bicyclic) bond motifs is 1. The molecule has 7 heteroatoms. The Morgan fingerprint density at radius 1 is 1.08 bits per heavy atom. The van der Waals surface area contributed by atoms with Crippen molar-refractivity contribution in [2.45, 2.75) is 25.9 Å². The predicted molar refractivity (Wildman–Crippen MR) is 100 cm³/mol. The third-order valence-electron chi connectivity index (χ3n) is 4.03. The smallest absolute Gasteiger partial charge is 0.323 e. The lowest BCUT2D eigenvalue weighted by atomic mass is 10.1. The van der Waals surface area contributed by atoms with Gasteiger partial charge in [-0.05, 0) is 49.7 Å². The van der Waals surface area contributed by atoms with Crippen molar-refractivity contribution in [3.8, 4) is 0 Å². The zero-order valence-electron chi connectivity index (χ0n) is 13.9. The molecule has 0 fully saturated rings. The van der Waals surface area contributed by atoms with Crippen LogP contribution < -0.4 is 16.3 Å². The summed E-state index contributed by atoms with van der Waals surface area (Å²) in [5.74, 6) is -0.161. The molecule has 1 heterocycles. The number of benzene rings is 2. The number of H-pyrrole nitrogens is 2. The van der Waals surface area contributed by atoms with Gasteiger partial charge in [0.25, 0.3) is 0 Å². The fraction of sp³-hybridized carbons (Fsp3) is 0.222. The molecule has 0 saturated carbocycles. The Balaban J connectivity index is 1.66. The van der Waals surface area contributed by atoms with Crippen LogP contribution in [0.15, 0.2) is 47.3 Å².